The molecular weight excluding hydrogens is 428 g/mol. The Labute approximate surface area is 201 Å². The average molecular weight is 463 g/mol. The molecule has 1 fully saturated rings. The molecule has 1 saturated heterocycles. The molecule has 7 nitrogen and oxygen atoms in total. The average Bonchev–Trinajstić information content (AvgIpc) is 3.42. The zero-order valence-corrected chi connectivity index (χ0v) is 20.5. The van der Waals surface area contributed by atoms with Crippen LogP contribution in [0.5, 0.6) is 11.6 Å². The maximum atomic E-state index is 13.1. The Balaban J connectivity index is 1.72. The van der Waals surface area contributed by atoms with Gasteiger partial charge in [0, 0.05) is 19.2 Å². The number of aryl methyl sites for hydroxylation is 2. The number of ether oxygens (including phenoxy) is 2. The van der Waals surface area contributed by atoms with E-state index in [4.69, 9.17) is 14.6 Å². The van der Waals surface area contributed by atoms with Crippen molar-refractivity contribution >= 4 is 6.03 Å². The minimum atomic E-state index is -0.112. The van der Waals surface area contributed by atoms with Crippen LogP contribution in [0.3, 0.4) is 0 Å². The standard InChI is InChI=1S/C27H34N4O3/c1-19(2)28-27(32)30(17-24-14-9-15-33-24)18-25-21(4)29-31(22-11-6-5-7-12-22)26(25)34-23-13-8-10-20(3)16-23/h5-8,10-13,16,19,24H,9,14-15,17-18H2,1-4H3,(H,28,32)/t24-/m0/s1. The lowest BCUT2D eigenvalue weighted by atomic mass is 10.2. The molecule has 0 bridgehead atoms. The Hall–Kier alpha value is -3.32. The Morgan fingerprint density at radius 1 is 1.21 bits per heavy atom. The lowest BCUT2D eigenvalue weighted by Crippen LogP contribution is -2.45. The summed E-state index contributed by atoms with van der Waals surface area (Å²) < 4.78 is 14.1. The molecule has 0 saturated carbocycles. The highest BCUT2D eigenvalue weighted by Crippen LogP contribution is 2.32. The number of rotatable bonds is 8. The van der Waals surface area contributed by atoms with Gasteiger partial charge in [0.1, 0.15) is 5.75 Å². The van der Waals surface area contributed by atoms with Crippen LogP contribution in [-0.2, 0) is 11.3 Å². The normalized spacial score (nSPS) is 15.5. The third-order valence-electron chi connectivity index (χ3n) is 5.84. The topological polar surface area (TPSA) is 68.6 Å². The molecule has 1 aromatic heterocycles. The summed E-state index contributed by atoms with van der Waals surface area (Å²) in [4.78, 5) is 15.0. The molecule has 0 aliphatic carbocycles. The number of hydrogen-bond donors (Lipinski definition) is 1. The summed E-state index contributed by atoms with van der Waals surface area (Å²) in [6.07, 6.45) is 2.03. The summed E-state index contributed by atoms with van der Waals surface area (Å²) in [5, 5.41) is 7.84. The van der Waals surface area contributed by atoms with Crippen LogP contribution in [0.1, 0.15) is 43.5 Å². The van der Waals surface area contributed by atoms with E-state index in [9.17, 15) is 4.79 Å². The van der Waals surface area contributed by atoms with Crippen LogP contribution >= 0.6 is 0 Å². The lowest BCUT2D eigenvalue weighted by Gasteiger charge is -2.27. The molecule has 34 heavy (non-hydrogen) atoms. The van der Waals surface area contributed by atoms with Crippen molar-refractivity contribution < 1.29 is 14.3 Å². The molecule has 1 atom stereocenters. The van der Waals surface area contributed by atoms with Crippen molar-refractivity contribution in [3.63, 3.8) is 0 Å². The minimum Gasteiger partial charge on any atom is -0.439 e. The van der Waals surface area contributed by atoms with Gasteiger partial charge >= 0.3 is 6.03 Å². The van der Waals surface area contributed by atoms with Gasteiger partial charge in [-0.3, -0.25) is 0 Å². The fraction of sp³-hybridized carbons (Fsp3) is 0.407. The van der Waals surface area contributed by atoms with Crippen LogP contribution in [0.25, 0.3) is 5.69 Å². The van der Waals surface area contributed by atoms with Crippen molar-refractivity contribution in [3.8, 4) is 17.3 Å². The van der Waals surface area contributed by atoms with Gasteiger partial charge in [-0.25, -0.2) is 9.48 Å². The van der Waals surface area contributed by atoms with Crippen molar-refractivity contribution in [2.75, 3.05) is 13.2 Å². The van der Waals surface area contributed by atoms with E-state index in [2.05, 4.69) is 5.32 Å². The number of urea groups is 1. The first kappa shape index (κ1) is 23.8. The van der Waals surface area contributed by atoms with Crippen molar-refractivity contribution in [1.29, 1.82) is 0 Å². The molecule has 0 radical (unpaired) electrons. The van der Waals surface area contributed by atoms with Gasteiger partial charge in [-0.1, -0.05) is 30.3 Å². The Morgan fingerprint density at radius 3 is 2.68 bits per heavy atom. The van der Waals surface area contributed by atoms with Crippen LogP contribution in [0, 0.1) is 13.8 Å². The highest BCUT2D eigenvalue weighted by atomic mass is 16.5. The SMILES string of the molecule is Cc1cccc(Oc2c(CN(C[C@@H]3CCCO3)C(=O)NC(C)C)c(C)nn2-c2ccccc2)c1. The molecule has 1 aliphatic rings. The highest BCUT2D eigenvalue weighted by molar-refractivity contribution is 5.74. The van der Waals surface area contributed by atoms with Gasteiger partial charge < -0.3 is 19.7 Å². The Bertz CT molecular complexity index is 1100. The number of amides is 2. The summed E-state index contributed by atoms with van der Waals surface area (Å²) in [5.41, 5.74) is 3.71. The fourth-order valence-corrected chi connectivity index (χ4v) is 4.14. The molecule has 1 aliphatic heterocycles. The molecule has 3 aromatic rings. The number of carbonyl (C=O) groups is 1. The molecule has 7 heteroatoms. The van der Waals surface area contributed by atoms with Crippen molar-refractivity contribution in [1.82, 2.24) is 20.0 Å². The van der Waals surface area contributed by atoms with Gasteiger partial charge in [0.15, 0.2) is 0 Å². The lowest BCUT2D eigenvalue weighted by molar-refractivity contribution is 0.0789. The zero-order chi connectivity index (χ0) is 24.1. The molecule has 2 amide bonds. The maximum absolute atomic E-state index is 13.1. The van der Waals surface area contributed by atoms with Crippen molar-refractivity contribution in [2.45, 2.75) is 59.2 Å². The molecule has 2 aromatic carbocycles. The third kappa shape index (κ3) is 5.78. The number of para-hydroxylation sites is 1. The largest absolute Gasteiger partial charge is 0.439 e. The predicted octanol–water partition coefficient (Wildman–Crippen LogP) is 5.38. The second-order valence-electron chi connectivity index (χ2n) is 9.15. The van der Waals surface area contributed by atoms with Crippen LogP contribution in [0.15, 0.2) is 54.6 Å². The summed E-state index contributed by atoms with van der Waals surface area (Å²) in [5.74, 6) is 1.35. The second-order valence-corrected chi connectivity index (χ2v) is 9.15. The number of benzene rings is 2. The van der Waals surface area contributed by atoms with E-state index in [1.165, 1.54) is 0 Å². The van der Waals surface area contributed by atoms with E-state index in [1.807, 2.05) is 91.9 Å². The molecular formula is C27H34N4O3. The number of hydrogen-bond acceptors (Lipinski definition) is 4. The van der Waals surface area contributed by atoms with E-state index in [1.54, 1.807) is 0 Å². The van der Waals surface area contributed by atoms with Gasteiger partial charge in [0.05, 0.1) is 29.6 Å². The number of carbonyl (C=O) groups excluding carboxylic acids is 1. The highest BCUT2D eigenvalue weighted by Gasteiger charge is 2.27. The predicted molar refractivity (Wildman–Crippen MR) is 133 cm³/mol. The van der Waals surface area contributed by atoms with Crippen LogP contribution in [0.2, 0.25) is 0 Å². The third-order valence-corrected chi connectivity index (χ3v) is 5.84. The summed E-state index contributed by atoms with van der Waals surface area (Å²) in [6.45, 7) is 9.57. The summed E-state index contributed by atoms with van der Waals surface area (Å²) in [6, 6.07) is 17.8. The molecule has 4 rings (SSSR count). The second kappa shape index (κ2) is 10.7. The number of nitrogens with zero attached hydrogens (tertiary/aromatic N) is 3. The zero-order valence-electron chi connectivity index (χ0n) is 20.5. The fourth-order valence-electron chi connectivity index (χ4n) is 4.14. The first-order valence-corrected chi connectivity index (χ1v) is 12.0. The van der Waals surface area contributed by atoms with Gasteiger partial charge in [-0.05, 0) is 70.4 Å². The van der Waals surface area contributed by atoms with Crippen molar-refractivity contribution in [3.05, 3.63) is 71.4 Å². The van der Waals surface area contributed by atoms with Crippen LogP contribution < -0.4 is 10.1 Å². The van der Waals surface area contributed by atoms with Crippen LogP contribution in [0.4, 0.5) is 4.79 Å². The van der Waals surface area contributed by atoms with E-state index in [-0.39, 0.29) is 18.2 Å². The smallest absolute Gasteiger partial charge is 0.317 e. The van der Waals surface area contributed by atoms with Gasteiger partial charge in [0.2, 0.25) is 5.88 Å². The van der Waals surface area contributed by atoms with Crippen molar-refractivity contribution in [2.24, 2.45) is 0 Å². The van der Waals surface area contributed by atoms with Crippen LogP contribution in [-0.4, -0.2) is 46.0 Å². The Morgan fingerprint density at radius 2 is 2.00 bits per heavy atom. The summed E-state index contributed by atoms with van der Waals surface area (Å²) in [7, 11) is 0. The van der Waals surface area contributed by atoms with Gasteiger partial charge in [-0.2, -0.15) is 5.10 Å². The number of aromatic nitrogens is 2. The monoisotopic (exact) mass is 462 g/mol. The number of nitrogens with one attached hydrogen (secondary N) is 1. The van der Waals surface area contributed by atoms with E-state index >= 15 is 0 Å². The molecule has 0 unspecified atom stereocenters. The van der Waals surface area contributed by atoms with E-state index in [0.29, 0.717) is 19.0 Å². The minimum absolute atomic E-state index is 0.0376. The molecule has 180 valence electrons. The Kier molecular flexibility index (Phi) is 7.53. The molecule has 1 N–H and O–H groups in total. The first-order chi connectivity index (χ1) is 16.4. The van der Waals surface area contributed by atoms with E-state index < -0.39 is 0 Å². The molecule has 0 spiro atoms. The molecule has 2 heterocycles. The van der Waals surface area contributed by atoms with Gasteiger partial charge in [-0.15, -0.1) is 0 Å². The van der Waals surface area contributed by atoms with E-state index in [0.717, 1.165) is 47.7 Å². The van der Waals surface area contributed by atoms with Gasteiger partial charge in [0.25, 0.3) is 0 Å². The summed E-state index contributed by atoms with van der Waals surface area (Å²) >= 11 is 0. The quantitative estimate of drug-likeness (QED) is 0.488. The maximum Gasteiger partial charge on any atom is 0.317 e. The first-order valence-electron chi connectivity index (χ1n) is 12.0.